The number of pyridine rings is 2. The van der Waals surface area contributed by atoms with Crippen LogP contribution in [0.15, 0.2) is 59.8 Å². The fourth-order valence-corrected chi connectivity index (χ4v) is 4.06. The molecule has 168 valence electrons. The van der Waals surface area contributed by atoms with Crippen LogP contribution >= 0.6 is 23.2 Å². The van der Waals surface area contributed by atoms with Gasteiger partial charge >= 0.3 is 6.18 Å². The maximum Gasteiger partial charge on any atom is 0.417 e. The summed E-state index contributed by atoms with van der Waals surface area (Å²) < 4.78 is 67.1. The number of alkyl halides is 3. The number of nitrogens with one attached hydrogen (secondary N) is 1. The topological polar surface area (TPSA) is 92.3 Å². The van der Waals surface area contributed by atoms with Gasteiger partial charge < -0.3 is 0 Å². The number of halogens is 5. The first kappa shape index (κ1) is 23.8. The molecular formula is C19H13Cl2F3N4O3S. The molecule has 3 aromatic rings. The quantitative estimate of drug-likeness (QED) is 0.534. The summed E-state index contributed by atoms with van der Waals surface area (Å²) in [6.07, 6.45) is -2.29. The molecule has 0 atom stereocenters. The van der Waals surface area contributed by atoms with E-state index in [0.717, 1.165) is 29.3 Å². The zero-order valence-electron chi connectivity index (χ0n) is 16.1. The van der Waals surface area contributed by atoms with Gasteiger partial charge in [0.25, 0.3) is 15.9 Å². The van der Waals surface area contributed by atoms with Crippen LogP contribution in [0.25, 0.3) is 0 Å². The van der Waals surface area contributed by atoms with Crippen LogP contribution in [0.4, 0.5) is 24.7 Å². The summed E-state index contributed by atoms with van der Waals surface area (Å²) in [4.78, 5) is 21.2. The first-order valence-electron chi connectivity index (χ1n) is 8.64. The van der Waals surface area contributed by atoms with E-state index in [0.29, 0.717) is 6.07 Å². The fourth-order valence-electron chi connectivity index (χ4n) is 2.60. The summed E-state index contributed by atoms with van der Waals surface area (Å²) in [5.41, 5.74) is -1.98. The molecule has 0 radical (unpaired) electrons. The number of aromatic nitrogens is 2. The summed E-state index contributed by atoms with van der Waals surface area (Å²) in [6.45, 7) is 0. The lowest BCUT2D eigenvalue weighted by Gasteiger charge is -2.18. The largest absolute Gasteiger partial charge is 0.417 e. The normalized spacial score (nSPS) is 11.8. The monoisotopic (exact) mass is 504 g/mol. The molecule has 1 N–H and O–H groups in total. The second-order valence-corrected chi connectivity index (χ2v) is 8.87. The Morgan fingerprint density at radius 3 is 2.44 bits per heavy atom. The molecule has 0 aliphatic heterocycles. The van der Waals surface area contributed by atoms with Gasteiger partial charge in [0.05, 0.1) is 26.2 Å². The summed E-state index contributed by atoms with van der Waals surface area (Å²) in [5.74, 6) is -0.472. The van der Waals surface area contributed by atoms with Crippen molar-refractivity contribution in [3.05, 3.63) is 76.2 Å². The average Bonchev–Trinajstić information content (AvgIpc) is 2.72. The summed E-state index contributed by atoms with van der Waals surface area (Å²) in [5, 5.41) is -0.666. The van der Waals surface area contributed by atoms with Gasteiger partial charge in [-0.1, -0.05) is 29.3 Å². The standard InChI is InChI=1S/C19H13Cl2F3N4O3S/c1-28(16-4-2-3-7-25-16)18(29)17-15(8-11(20)10-26-17)27-32(30,31)12-5-6-14(21)13(9-12)19(22,23)24/h2-10,27H,1H3. The summed E-state index contributed by atoms with van der Waals surface area (Å²) >= 11 is 11.5. The molecular weight excluding hydrogens is 492 g/mol. The number of carbonyl (C=O) groups is 1. The Kier molecular flexibility index (Phi) is 6.63. The Bertz CT molecular complexity index is 1270. The highest BCUT2D eigenvalue weighted by Crippen LogP contribution is 2.36. The van der Waals surface area contributed by atoms with Crippen LogP contribution in [0, 0.1) is 0 Å². The van der Waals surface area contributed by atoms with Crippen LogP contribution in [-0.2, 0) is 16.2 Å². The first-order chi connectivity index (χ1) is 14.9. The molecule has 0 saturated heterocycles. The Morgan fingerprint density at radius 2 is 1.81 bits per heavy atom. The average molecular weight is 505 g/mol. The molecule has 0 aliphatic rings. The number of rotatable bonds is 5. The molecule has 7 nitrogen and oxygen atoms in total. The highest BCUT2D eigenvalue weighted by atomic mass is 35.5. The van der Waals surface area contributed by atoms with Crippen LogP contribution in [0.5, 0.6) is 0 Å². The van der Waals surface area contributed by atoms with E-state index >= 15 is 0 Å². The van der Waals surface area contributed by atoms with Crippen LogP contribution in [0.3, 0.4) is 0 Å². The minimum absolute atomic E-state index is 0.00757. The summed E-state index contributed by atoms with van der Waals surface area (Å²) in [6, 6.07) is 8.06. The molecule has 2 aromatic heterocycles. The smallest absolute Gasteiger partial charge is 0.294 e. The number of hydrogen-bond acceptors (Lipinski definition) is 5. The molecule has 2 heterocycles. The van der Waals surface area contributed by atoms with Crippen molar-refractivity contribution in [1.29, 1.82) is 0 Å². The Balaban J connectivity index is 2.01. The third-order valence-corrected chi connectivity index (χ3v) is 6.05. The van der Waals surface area contributed by atoms with E-state index in [4.69, 9.17) is 23.2 Å². The van der Waals surface area contributed by atoms with Crippen molar-refractivity contribution in [3.8, 4) is 0 Å². The zero-order chi connectivity index (χ0) is 23.7. The number of anilines is 2. The predicted molar refractivity (Wildman–Crippen MR) is 113 cm³/mol. The van der Waals surface area contributed by atoms with Crippen molar-refractivity contribution >= 4 is 50.6 Å². The van der Waals surface area contributed by atoms with Gasteiger partial charge in [-0.25, -0.2) is 18.4 Å². The number of nitrogens with zero attached hydrogens (tertiary/aromatic N) is 3. The van der Waals surface area contributed by atoms with Gasteiger partial charge in [-0.2, -0.15) is 13.2 Å². The van der Waals surface area contributed by atoms with Crippen molar-refractivity contribution in [3.63, 3.8) is 0 Å². The van der Waals surface area contributed by atoms with Crippen LogP contribution in [-0.4, -0.2) is 31.3 Å². The van der Waals surface area contributed by atoms with Gasteiger partial charge in [0.2, 0.25) is 0 Å². The van der Waals surface area contributed by atoms with E-state index in [9.17, 15) is 26.4 Å². The lowest BCUT2D eigenvalue weighted by Crippen LogP contribution is -2.29. The molecule has 0 fully saturated rings. The molecule has 0 saturated carbocycles. The Labute approximate surface area is 190 Å². The van der Waals surface area contributed by atoms with Crippen molar-refractivity contribution < 1.29 is 26.4 Å². The predicted octanol–water partition coefficient (Wildman–Crippen LogP) is 4.88. The fraction of sp³-hybridized carbons (Fsp3) is 0.105. The highest BCUT2D eigenvalue weighted by molar-refractivity contribution is 7.92. The molecule has 1 amide bonds. The maximum atomic E-state index is 13.1. The van der Waals surface area contributed by atoms with Crippen molar-refractivity contribution in [2.24, 2.45) is 0 Å². The number of hydrogen-bond donors (Lipinski definition) is 1. The molecule has 3 rings (SSSR count). The minimum atomic E-state index is -4.87. The highest BCUT2D eigenvalue weighted by Gasteiger charge is 2.35. The van der Waals surface area contributed by atoms with Crippen molar-refractivity contribution in [2.45, 2.75) is 11.1 Å². The van der Waals surface area contributed by atoms with Gasteiger partial charge in [-0.15, -0.1) is 0 Å². The molecule has 13 heteroatoms. The van der Waals surface area contributed by atoms with Crippen molar-refractivity contribution in [2.75, 3.05) is 16.7 Å². The van der Waals surface area contributed by atoms with E-state index in [1.165, 1.54) is 13.2 Å². The van der Waals surface area contributed by atoms with E-state index in [2.05, 4.69) is 14.7 Å². The van der Waals surface area contributed by atoms with Crippen LogP contribution in [0.1, 0.15) is 16.1 Å². The lowest BCUT2D eigenvalue weighted by molar-refractivity contribution is -0.137. The maximum absolute atomic E-state index is 13.1. The van der Waals surface area contributed by atoms with E-state index < -0.39 is 37.6 Å². The van der Waals surface area contributed by atoms with Crippen LogP contribution in [0.2, 0.25) is 10.0 Å². The molecule has 0 bridgehead atoms. The van der Waals surface area contributed by atoms with E-state index in [1.807, 2.05) is 0 Å². The molecule has 32 heavy (non-hydrogen) atoms. The minimum Gasteiger partial charge on any atom is -0.294 e. The van der Waals surface area contributed by atoms with E-state index in [1.54, 1.807) is 18.2 Å². The third-order valence-electron chi connectivity index (χ3n) is 4.15. The van der Waals surface area contributed by atoms with Gasteiger partial charge in [-0.05, 0) is 36.4 Å². The molecule has 0 aliphatic carbocycles. The zero-order valence-corrected chi connectivity index (χ0v) is 18.4. The van der Waals surface area contributed by atoms with Crippen LogP contribution < -0.4 is 9.62 Å². The van der Waals surface area contributed by atoms with Gasteiger partial charge in [0.1, 0.15) is 5.82 Å². The molecule has 1 aromatic carbocycles. The molecule has 0 unspecified atom stereocenters. The van der Waals surface area contributed by atoms with Gasteiger partial charge in [-0.3, -0.25) is 14.4 Å². The first-order valence-corrected chi connectivity index (χ1v) is 10.9. The van der Waals surface area contributed by atoms with Crippen molar-refractivity contribution in [1.82, 2.24) is 9.97 Å². The number of benzene rings is 1. The van der Waals surface area contributed by atoms with E-state index in [-0.39, 0.29) is 22.2 Å². The second kappa shape index (κ2) is 8.93. The third kappa shape index (κ3) is 5.12. The lowest BCUT2D eigenvalue weighted by atomic mass is 10.2. The Hall–Kier alpha value is -2.89. The van der Waals surface area contributed by atoms with Gasteiger partial charge in [0, 0.05) is 19.4 Å². The number of carbonyl (C=O) groups excluding carboxylic acids is 1. The number of sulfonamides is 1. The van der Waals surface area contributed by atoms with Gasteiger partial charge in [0.15, 0.2) is 5.69 Å². The second-order valence-electron chi connectivity index (χ2n) is 6.35. The molecule has 0 spiro atoms. The SMILES string of the molecule is CN(C(=O)c1ncc(Cl)cc1NS(=O)(=O)c1ccc(Cl)c(C(F)(F)F)c1)c1ccccn1. The Morgan fingerprint density at radius 1 is 1.09 bits per heavy atom. The summed E-state index contributed by atoms with van der Waals surface area (Å²) in [7, 11) is -3.17. The number of amides is 1.